The van der Waals surface area contributed by atoms with Gasteiger partial charge >= 0.3 is 5.97 Å². The van der Waals surface area contributed by atoms with Gasteiger partial charge in [-0.3, -0.25) is 4.79 Å². The van der Waals surface area contributed by atoms with Gasteiger partial charge in [0, 0.05) is 27.2 Å². The highest BCUT2D eigenvalue weighted by molar-refractivity contribution is 5.66. The van der Waals surface area contributed by atoms with Crippen molar-refractivity contribution in [2.45, 2.75) is 32.9 Å². The molecule has 1 aromatic rings. The van der Waals surface area contributed by atoms with Gasteiger partial charge in [0.2, 0.25) is 0 Å². The molecule has 112 valence electrons. The van der Waals surface area contributed by atoms with Crippen molar-refractivity contribution in [3.05, 3.63) is 23.8 Å². The van der Waals surface area contributed by atoms with Gasteiger partial charge in [-0.1, -0.05) is 6.07 Å². The van der Waals surface area contributed by atoms with E-state index in [1.807, 2.05) is 51.0 Å². The minimum absolute atomic E-state index is 0.115. The van der Waals surface area contributed by atoms with E-state index in [9.17, 15) is 4.79 Å². The van der Waals surface area contributed by atoms with E-state index in [0.717, 1.165) is 17.0 Å². The fourth-order valence-electron chi connectivity index (χ4n) is 1.81. The molecule has 0 bridgehead atoms. The minimum atomic E-state index is -0.788. The maximum atomic E-state index is 10.4. The standard InChI is InChI=1S/C15H24N2O3/c1-11(2)20-14-9-12(5-6-13(14)17(3)4)10-16-8-7-15(18)19/h5-6,9,11,16H,7-8,10H2,1-4H3,(H,18,19). The van der Waals surface area contributed by atoms with E-state index >= 15 is 0 Å². The summed E-state index contributed by atoms with van der Waals surface area (Å²) in [6.45, 7) is 5.09. The molecular weight excluding hydrogens is 256 g/mol. The lowest BCUT2D eigenvalue weighted by Crippen LogP contribution is -2.18. The Hall–Kier alpha value is -1.75. The Morgan fingerprint density at radius 2 is 2.10 bits per heavy atom. The predicted octanol–water partition coefficient (Wildman–Crippen LogP) is 2.10. The van der Waals surface area contributed by atoms with Gasteiger partial charge in [0.25, 0.3) is 0 Å². The number of carboxylic acid groups (broad SMARTS) is 1. The number of anilines is 1. The van der Waals surface area contributed by atoms with E-state index in [4.69, 9.17) is 9.84 Å². The highest BCUT2D eigenvalue weighted by Gasteiger charge is 2.09. The smallest absolute Gasteiger partial charge is 0.304 e. The number of carbonyl (C=O) groups is 1. The van der Waals surface area contributed by atoms with E-state index in [0.29, 0.717) is 13.1 Å². The summed E-state index contributed by atoms with van der Waals surface area (Å²) in [5, 5.41) is 11.7. The summed E-state index contributed by atoms with van der Waals surface area (Å²) in [7, 11) is 3.96. The summed E-state index contributed by atoms with van der Waals surface area (Å²) in [6.07, 6.45) is 0.245. The number of hydrogen-bond acceptors (Lipinski definition) is 4. The molecule has 0 aliphatic rings. The Labute approximate surface area is 120 Å². The average molecular weight is 280 g/mol. The van der Waals surface area contributed by atoms with Gasteiger partial charge in [-0.25, -0.2) is 0 Å². The van der Waals surface area contributed by atoms with Crippen LogP contribution in [0.1, 0.15) is 25.8 Å². The molecule has 0 spiro atoms. The van der Waals surface area contributed by atoms with Crippen molar-refractivity contribution in [3.8, 4) is 5.75 Å². The topological polar surface area (TPSA) is 61.8 Å². The van der Waals surface area contributed by atoms with Gasteiger partial charge in [-0.2, -0.15) is 0 Å². The third-order valence-electron chi connectivity index (χ3n) is 2.71. The zero-order chi connectivity index (χ0) is 15.1. The molecule has 5 heteroatoms. The van der Waals surface area contributed by atoms with E-state index in [2.05, 4.69) is 5.32 Å². The SMILES string of the molecule is CC(C)Oc1cc(CNCCC(=O)O)ccc1N(C)C. The summed E-state index contributed by atoms with van der Waals surface area (Å²) >= 11 is 0. The summed E-state index contributed by atoms with van der Waals surface area (Å²) in [5.74, 6) is 0.0619. The van der Waals surface area contributed by atoms with Gasteiger partial charge in [-0.15, -0.1) is 0 Å². The molecule has 5 nitrogen and oxygen atoms in total. The van der Waals surface area contributed by atoms with Gasteiger partial charge in [0.15, 0.2) is 0 Å². The number of hydrogen-bond donors (Lipinski definition) is 2. The number of carboxylic acids is 1. The lowest BCUT2D eigenvalue weighted by molar-refractivity contribution is -0.136. The average Bonchev–Trinajstić information content (AvgIpc) is 2.33. The third kappa shape index (κ3) is 5.48. The number of ether oxygens (including phenoxy) is 1. The van der Waals surface area contributed by atoms with Crippen LogP contribution in [0.2, 0.25) is 0 Å². The van der Waals surface area contributed by atoms with Crippen molar-refractivity contribution >= 4 is 11.7 Å². The van der Waals surface area contributed by atoms with Crippen LogP contribution in [0.3, 0.4) is 0 Å². The van der Waals surface area contributed by atoms with E-state index in [1.165, 1.54) is 0 Å². The first-order chi connectivity index (χ1) is 9.40. The van der Waals surface area contributed by atoms with E-state index in [1.54, 1.807) is 0 Å². The van der Waals surface area contributed by atoms with Gasteiger partial charge in [0.05, 0.1) is 18.2 Å². The van der Waals surface area contributed by atoms with Crippen LogP contribution in [0.25, 0.3) is 0 Å². The highest BCUT2D eigenvalue weighted by Crippen LogP contribution is 2.29. The second-order valence-corrected chi connectivity index (χ2v) is 5.18. The van der Waals surface area contributed by atoms with Gasteiger partial charge in [0.1, 0.15) is 5.75 Å². The highest BCUT2D eigenvalue weighted by atomic mass is 16.5. The minimum Gasteiger partial charge on any atom is -0.489 e. The van der Waals surface area contributed by atoms with Crippen molar-refractivity contribution in [1.29, 1.82) is 0 Å². The molecule has 0 saturated carbocycles. The molecule has 0 amide bonds. The Kier molecular flexibility index (Phi) is 6.31. The van der Waals surface area contributed by atoms with Crippen LogP contribution in [-0.4, -0.2) is 37.8 Å². The van der Waals surface area contributed by atoms with E-state index < -0.39 is 5.97 Å². The number of benzene rings is 1. The van der Waals surface area contributed by atoms with Crippen LogP contribution < -0.4 is 15.0 Å². The van der Waals surface area contributed by atoms with Crippen molar-refractivity contribution in [1.82, 2.24) is 5.32 Å². The summed E-state index contributed by atoms with van der Waals surface area (Å²) in [5.41, 5.74) is 2.12. The van der Waals surface area contributed by atoms with Crippen LogP contribution in [0.15, 0.2) is 18.2 Å². The van der Waals surface area contributed by atoms with Gasteiger partial charge in [-0.05, 0) is 31.5 Å². The number of nitrogens with one attached hydrogen (secondary N) is 1. The van der Waals surface area contributed by atoms with Crippen LogP contribution in [-0.2, 0) is 11.3 Å². The summed E-state index contributed by atoms with van der Waals surface area (Å²) in [6, 6.07) is 6.05. The van der Waals surface area contributed by atoms with Crippen molar-refractivity contribution in [3.63, 3.8) is 0 Å². The fourth-order valence-corrected chi connectivity index (χ4v) is 1.81. The molecule has 0 heterocycles. The Bertz CT molecular complexity index is 445. The second-order valence-electron chi connectivity index (χ2n) is 5.18. The van der Waals surface area contributed by atoms with Crippen LogP contribution in [0, 0.1) is 0 Å². The van der Waals surface area contributed by atoms with E-state index in [-0.39, 0.29) is 12.5 Å². The van der Waals surface area contributed by atoms with Crippen LogP contribution >= 0.6 is 0 Å². The van der Waals surface area contributed by atoms with Crippen LogP contribution in [0.4, 0.5) is 5.69 Å². The quantitative estimate of drug-likeness (QED) is 0.714. The number of aliphatic carboxylic acids is 1. The van der Waals surface area contributed by atoms with Gasteiger partial charge < -0.3 is 20.1 Å². The normalized spacial score (nSPS) is 10.7. The van der Waals surface area contributed by atoms with Crippen molar-refractivity contribution in [2.24, 2.45) is 0 Å². The second kappa shape index (κ2) is 7.75. The third-order valence-corrected chi connectivity index (χ3v) is 2.71. The first kappa shape index (κ1) is 16.3. The molecule has 1 aromatic carbocycles. The molecule has 0 atom stereocenters. The lowest BCUT2D eigenvalue weighted by Gasteiger charge is -2.20. The molecule has 0 radical (unpaired) electrons. The first-order valence-electron chi connectivity index (χ1n) is 6.79. The number of rotatable bonds is 8. The maximum absolute atomic E-state index is 10.4. The molecular formula is C15H24N2O3. The zero-order valence-corrected chi connectivity index (χ0v) is 12.6. The molecule has 0 saturated heterocycles. The maximum Gasteiger partial charge on any atom is 0.304 e. The predicted molar refractivity (Wildman–Crippen MR) is 80.5 cm³/mol. The summed E-state index contributed by atoms with van der Waals surface area (Å²) < 4.78 is 5.83. The van der Waals surface area contributed by atoms with Crippen LogP contribution in [0.5, 0.6) is 5.75 Å². The largest absolute Gasteiger partial charge is 0.489 e. The Balaban J connectivity index is 2.71. The Morgan fingerprint density at radius 1 is 1.40 bits per heavy atom. The Morgan fingerprint density at radius 3 is 2.65 bits per heavy atom. The molecule has 0 fully saturated rings. The molecule has 20 heavy (non-hydrogen) atoms. The number of nitrogens with zero attached hydrogens (tertiary/aromatic N) is 1. The molecule has 0 aromatic heterocycles. The molecule has 0 aliphatic carbocycles. The fraction of sp³-hybridized carbons (Fsp3) is 0.533. The molecule has 2 N–H and O–H groups in total. The van der Waals surface area contributed by atoms with Crippen molar-refractivity contribution < 1.29 is 14.6 Å². The molecule has 1 rings (SSSR count). The zero-order valence-electron chi connectivity index (χ0n) is 12.6. The lowest BCUT2D eigenvalue weighted by atomic mass is 10.1. The first-order valence-corrected chi connectivity index (χ1v) is 6.79. The molecule has 0 unspecified atom stereocenters. The van der Waals surface area contributed by atoms with Crippen molar-refractivity contribution in [2.75, 3.05) is 25.5 Å². The summed E-state index contributed by atoms with van der Waals surface area (Å²) in [4.78, 5) is 12.5. The monoisotopic (exact) mass is 280 g/mol. The molecule has 0 aliphatic heterocycles.